The lowest BCUT2D eigenvalue weighted by atomic mass is 10.2. The molecule has 0 unspecified atom stereocenters. The molecule has 0 bridgehead atoms. The Morgan fingerprint density at radius 1 is 1.26 bits per heavy atom. The monoisotopic (exact) mass is 313 g/mol. The minimum absolute atomic E-state index is 0.120. The lowest BCUT2D eigenvalue weighted by Crippen LogP contribution is -2.22. The summed E-state index contributed by atoms with van der Waals surface area (Å²) in [6.07, 6.45) is 1.44. The Hall–Kier alpha value is -3.42. The van der Waals surface area contributed by atoms with Gasteiger partial charge in [0, 0.05) is 6.20 Å². The second kappa shape index (κ2) is 5.41. The number of nitro groups is 1. The summed E-state index contributed by atoms with van der Waals surface area (Å²) in [5, 5.41) is 21.3. The molecule has 0 amide bonds. The highest BCUT2D eigenvalue weighted by molar-refractivity contribution is 5.87. The van der Waals surface area contributed by atoms with E-state index >= 15 is 0 Å². The molecule has 0 atom stereocenters. The van der Waals surface area contributed by atoms with Gasteiger partial charge < -0.3 is 9.84 Å². The summed E-state index contributed by atoms with van der Waals surface area (Å²) in [4.78, 5) is 26.8. The maximum absolute atomic E-state index is 12.5. The summed E-state index contributed by atoms with van der Waals surface area (Å²) in [5.74, 6) is -0.111. The fraction of sp³-hybridized carbons (Fsp3) is 0.0667. The molecular weight excluding hydrogens is 302 g/mol. The number of fused-ring (bicyclic) bond motifs is 1. The summed E-state index contributed by atoms with van der Waals surface area (Å²) < 4.78 is 6.14. The molecule has 0 saturated carbocycles. The van der Waals surface area contributed by atoms with Gasteiger partial charge in [0.15, 0.2) is 5.65 Å². The number of nitrogens with zero attached hydrogens (tertiary/aromatic N) is 3. The van der Waals surface area contributed by atoms with E-state index in [0.717, 1.165) is 4.57 Å². The molecule has 8 nitrogen and oxygen atoms in total. The number of rotatable bonds is 3. The van der Waals surface area contributed by atoms with Crippen LogP contribution in [0.2, 0.25) is 0 Å². The average Bonchev–Trinajstić information content (AvgIpc) is 2.55. The zero-order valence-corrected chi connectivity index (χ0v) is 12.0. The molecule has 8 heteroatoms. The smallest absolute Gasteiger partial charge is 0.376 e. The van der Waals surface area contributed by atoms with Gasteiger partial charge in [0.25, 0.3) is 0 Å². The Morgan fingerprint density at radius 2 is 1.96 bits per heavy atom. The number of aromatic nitrogens is 2. The zero-order valence-electron chi connectivity index (χ0n) is 12.0. The Labute approximate surface area is 129 Å². The van der Waals surface area contributed by atoms with Crippen LogP contribution in [0, 0.1) is 10.1 Å². The Balaban J connectivity index is 2.43. The van der Waals surface area contributed by atoms with E-state index in [1.54, 1.807) is 24.3 Å². The largest absolute Gasteiger partial charge is 0.501 e. The minimum Gasteiger partial charge on any atom is -0.501 e. The summed E-state index contributed by atoms with van der Waals surface area (Å²) in [6.45, 7) is 0. The highest BCUT2D eigenvalue weighted by atomic mass is 16.6. The molecule has 0 radical (unpaired) electrons. The van der Waals surface area contributed by atoms with Gasteiger partial charge in [-0.2, -0.15) is 0 Å². The van der Waals surface area contributed by atoms with Crippen LogP contribution in [-0.4, -0.2) is 26.7 Å². The van der Waals surface area contributed by atoms with Crippen molar-refractivity contribution >= 4 is 16.7 Å². The third kappa shape index (κ3) is 2.26. The Morgan fingerprint density at radius 3 is 2.57 bits per heavy atom. The number of hydrogen-bond donors (Lipinski definition) is 1. The second-order valence-corrected chi connectivity index (χ2v) is 4.67. The van der Waals surface area contributed by atoms with Crippen molar-refractivity contribution in [3.63, 3.8) is 0 Å². The van der Waals surface area contributed by atoms with Gasteiger partial charge in [-0.3, -0.25) is 19.5 Å². The van der Waals surface area contributed by atoms with Crippen molar-refractivity contribution in [1.29, 1.82) is 0 Å². The van der Waals surface area contributed by atoms with Crippen molar-refractivity contribution in [2.75, 3.05) is 7.11 Å². The molecule has 116 valence electrons. The number of hydrogen-bond acceptors (Lipinski definition) is 6. The van der Waals surface area contributed by atoms with E-state index in [1.165, 1.54) is 25.4 Å². The summed E-state index contributed by atoms with van der Waals surface area (Å²) in [6, 6.07) is 9.38. The zero-order chi connectivity index (χ0) is 16.6. The number of aromatic hydroxyl groups is 1. The number of ether oxygens (including phenoxy) is 1. The first-order chi connectivity index (χ1) is 11.0. The molecule has 1 N–H and O–H groups in total. The summed E-state index contributed by atoms with van der Waals surface area (Å²) >= 11 is 0. The summed E-state index contributed by atoms with van der Waals surface area (Å²) in [5.41, 5.74) is -1.33. The van der Waals surface area contributed by atoms with E-state index in [1.807, 2.05) is 0 Å². The molecule has 23 heavy (non-hydrogen) atoms. The normalized spacial score (nSPS) is 10.7. The van der Waals surface area contributed by atoms with Gasteiger partial charge in [-0.15, -0.1) is 0 Å². The van der Waals surface area contributed by atoms with Crippen molar-refractivity contribution < 1.29 is 14.8 Å². The van der Waals surface area contributed by atoms with Gasteiger partial charge in [0.2, 0.25) is 5.75 Å². The first kappa shape index (κ1) is 14.5. The van der Waals surface area contributed by atoms with Gasteiger partial charge in [-0.25, -0.2) is 4.98 Å². The van der Waals surface area contributed by atoms with E-state index in [0.29, 0.717) is 11.4 Å². The molecule has 0 aliphatic rings. The van der Waals surface area contributed by atoms with Crippen LogP contribution in [0.4, 0.5) is 5.69 Å². The van der Waals surface area contributed by atoms with Crippen LogP contribution >= 0.6 is 0 Å². The molecule has 3 aromatic rings. The fourth-order valence-electron chi connectivity index (χ4n) is 2.33. The van der Waals surface area contributed by atoms with Gasteiger partial charge in [0.05, 0.1) is 23.1 Å². The van der Waals surface area contributed by atoms with Gasteiger partial charge in [0.1, 0.15) is 5.75 Å². The molecular formula is C15H11N3O5. The third-order valence-electron chi connectivity index (χ3n) is 3.40. The van der Waals surface area contributed by atoms with E-state index in [-0.39, 0.29) is 11.0 Å². The average molecular weight is 313 g/mol. The van der Waals surface area contributed by atoms with Crippen molar-refractivity contribution in [3.05, 3.63) is 63.1 Å². The Kier molecular flexibility index (Phi) is 3.41. The SMILES string of the molecule is COc1ccc(-n2c(=O)c([N+](=O)[O-])c(O)c3cccnc32)cc1. The van der Waals surface area contributed by atoms with Gasteiger partial charge in [-0.1, -0.05) is 0 Å². The van der Waals surface area contributed by atoms with Crippen molar-refractivity contribution in [2.24, 2.45) is 0 Å². The highest BCUT2D eigenvalue weighted by Gasteiger charge is 2.26. The van der Waals surface area contributed by atoms with Crippen LogP contribution in [-0.2, 0) is 0 Å². The van der Waals surface area contributed by atoms with E-state index in [9.17, 15) is 20.0 Å². The van der Waals surface area contributed by atoms with Crippen LogP contribution in [0.1, 0.15) is 0 Å². The van der Waals surface area contributed by atoms with Crippen LogP contribution in [0.25, 0.3) is 16.7 Å². The topological polar surface area (TPSA) is 107 Å². The number of methoxy groups -OCH3 is 1. The summed E-state index contributed by atoms with van der Waals surface area (Å²) in [7, 11) is 1.50. The highest BCUT2D eigenvalue weighted by Crippen LogP contribution is 2.31. The van der Waals surface area contributed by atoms with Crippen molar-refractivity contribution in [3.8, 4) is 17.2 Å². The fourth-order valence-corrected chi connectivity index (χ4v) is 2.33. The second-order valence-electron chi connectivity index (χ2n) is 4.67. The quantitative estimate of drug-likeness (QED) is 0.585. The van der Waals surface area contributed by atoms with E-state index in [2.05, 4.69) is 4.98 Å². The first-order valence-corrected chi connectivity index (χ1v) is 6.56. The van der Waals surface area contributed by atoms with Gasteiger partial charge >= 0.3 is 11.2 Å². The van der Waals surface area contributed by atoms with Crippen LogP contribution in [0.15, 0.2) is 47.4 Å². The predicted octanol–water partition coefficient (Wildman–Crippen LogP) is 2.01. The molecule has 0 saturated heterocycles. The lowest BCUT2D eigenvalue weighted by Gasteiger charge is -2.11. The number of benzene rings is 1. The molecule has 0 fully saturated rings. The van der Waals surface area contributed by atoms with Crippen molar-refractivity contribution in [1.82, 2.24) is 9.55 Å². The molecule has 1 aromatic carbocycles. The first-order valence-electron chi connectivity index (χ1n) is 6.56. The Bertz CT molecular complexity index is 963. The maximum atomic E-state index is 12.5. The predicted molar refractivity (Wildman–Crippen MR) is 82.2 cm³/mol. The molecule has 0 aliphatic carbocycles. The van der Waals surface area contributed by atoms with Crippen LogP contribution in [0.3, 0.4) is 0 Å². The van der Waals surface area contributed by atoms with Gasteiger partial charge in [-0.05, 0) is 36.4 Å². The van der Waals surface area contributed by atoms with Crippen LogP contribution in [0.5, 0.6) is 11.5 Å². The molecule has 3 rings (SSSR count). The molecule has 2 aromatic heterocycles. The maximum Gasteiger partial charge on any atom is 0.376 e. The number of pyridine rings is 2. The molecule has 2 heterocycles. The van der Waals surface area contributed by atoms with E-state index < -0.39 is 21.9 Å². The molecule has 0 spiro atoms. The minimum atomic E-state index is -0.955. The molecule has 0 aliphatic heterocycles. The lowest BCUT2D eigenvalue weighted by molar-refractivity contribution is -0.387. The standard InChI is InChI=1S/C15H11N3O5/c1-23-10-6-4-9(5-7-10)17-14-11(3-2-8-16-14)13(19)12(15(17)20)18(21)22/h2-8,19H,1H3. The van der Waals surface area contributed by atoms with Crippen molar-refractivity contribution in [2.45, 2.75) is 0 Å². The van der Waals surface area contributed by atoms with Crippen LogP contribution < -0.4 is 10.3 Å². The van der Waals surface area contributed by atoms with E-state index in [4.69, 9.17) is 4.74 Å². The third-order valence-corrected chi connectivity index (χ3v) is 3.40.